The van der Waals surface area contributed by atoms with Crippen LogP contribution in [-0.2, 0) is 33.6 Å². The molecule has 2 radical (unpaired) electrons. The molecule has 9 rings (SSSR count). The molecule has 16 unspecified atom stereocenters. The van der Waals surface area contributed by atoms with Gasteiger partial charge in [-0.25, -0.2) is 0 Å². The van der Waals surface area contributed by atoms with E-state index in [9.17, 15) is 0 Å². The standard InChI is InChI=1S/C32H55N8.2Co/c1-2-10-18-17(9-1)25-33-26(18)38-28-21-13-5-6-14-22(21)30(35-28)40-32-24-16-8-7-15-23(24)31(36-32)39-29-20-12-4-3-11-19(20)27(34-29)37-25;;/h9,17-40H,1-8,10-16H2;;/q-1;;. The zero-order chi connectivity index (χ0) is 26.2. The molecule has 5 aliphatic heterocycles. The van der Waals surface area contributed by atoms with Gasteiger partial charge in [0.05, 0.1) is 43.2 Å². The summed E-state index contributed by atoms with van der Waals surface area (Å²) in [7, 11) is 0. The van der Waals surface area contributed by atoms with Crippen LogP contribution in [-0.4, -0.2) is 49.3 Å². The van der Waals surface area contributed by atoms with Gasteiger partial charge in [-0.05, 0) is 80.0 Å². The van der Waals surface area contributed by atoms with Gasteiger partial charge in [0.2, 0.25) is 0 Å². The summed E-state index contributed by atoms with van der Waals surface area (Å²) in [5, 5.41) is 33.7. The predicted molar refractivity (Wildman–Crippen MR) is 157 cm³/mol. The molecule has 4 aliphatic carbocycles. The molecule has 0 spiro atoms. The van der Waals surface area contributed by atoms with Crippen LogP contribution in [0.4, 0.5) is 0 Å². The number of hydrogen-bond acceptors (Lipinski definition) is 8. The molecule has 242 valence electrons. The van der Waals surface area contributed by atoms with Gasteiger partial charge in [-0.2, -0.15) is 6.42 Å². The van der Waals surface area contributed by atoms with Gasteiger partial charge >= 0.3 is 0 Å². The van der Waals surface area contributed by atoms with Crippen LogP contribution in [0, 0.1) is 53.8 Å². The van der Waals surface area contributed by atoms with E-state index in [1.54, 1.807) is 0 Å². The van der Waals surface area contributed by atoms with E-state index in [1.165, 1.54) is 96.3 Å². The molecule has 5 saturated heterocycles. The smallest absolute Gasteiger partial charge is 0.0628 e. The van der Waals surface area contributed by atoms with Crippen LogP contribution in [0.1, 0.15) is 96.3 Å². The van der Waals surface area contributed by atoms with E-state index < -0.39 is 0 Å². The second kappa shape index (κ2) is 13.1. The van der Waals surface area contributed by atoms with Crippen molar-refractivity contribution < 1.29 is 33.6 Å². The maximum Gasteiger partial charge on any atom is 0.0628 e. The van der Waals surface area contributed by atoms with Gasteiger partial charge in [-0.1, -0.05) is 51.4 Å². The summed E-state index contributed by atoms with van der Waals surface area (Å²) in [4.78, 5) is 0. The van der Waals surface area contributed by atoms with Crippen molar-refractivity contribution in [1.29, 1.82) is 0 Å². The van der Waals surface area contributed by atoms with Gasteiger partial charge in [0, 0.05) is 39.7 Å². The Morgan fingerprint density at radius 1 is 0.310 bits per heavy atom. The van der Waals surface area contributed by atoms with Crippen LogP contribution in [0.3, 0.4) is 0 Å². The van der Waals surface area contributed by atoms with Gasteiger partial charge in [-0.3, -0.25) is 42.5 Å². The molecule has 9 aliphatic rings. The predicted octanol–water partition coefficient (Wildman–Crippen LogP) is 2.41. The van der Waals surface area contributed by atoms with E-state index >= 15 is 0 Å². The minimum atomic E-state index is 0. The Kier molecular flexibility index (Phi) is 9.74. The van der Waals surface area contributed by atoms with Crippen LogP contribution in [0.25, 0.3) is 0 Å². The minimum Gasteiger partial charge on any atom is -0.322 e. The van der Waals surface area contributed by atoms with Crippen LogP contribution in [0.15, 0.2) is 0 Å². The van der Waals surface area contributed by atoms with Crippen molar-refractivity contribution in [2.45, 2.75) is 146 Å². The average molecular weight is 670 g/mol. The maximum atomic E-state index is 4.25. The summed E-state index contributed by atoms with van der Waals surface area (Å²) in [5.74, 6) is 5.74. The largest absolute Gasteiger partial charge is 0.322 e. The Morgan fingerprint density at radius 2 is 0.571 bits per heavy atom. The molecule has 8 bridgehead atoms. The summed E-state index contributed by atoms with van der Waals surface area (Å²) in [6.45, 7) is 0. The fraction of sp³-hybridized carbons (Fsp3) is 0.969. The summed E-state index contributed by atoms with van der Waals surface area (Å²) in [5.41, 5.74) is 0. The zero-order valence-electron chi connectivity index (χ0n) is 25.1. The van der Waals surface area contributed by atoms with Crippen molar-refractivity contribution >= 4 is 0 Å². The molecule has 0 aromatic carbocycles. The molecule has 10 heteroatoms. The zero-order valence-corrected chi connectivity index (χ0v) is 27.2. The third-order valence-corrected chi connectivity index (χ3v) is 13.6. The van der Waals surface area contributed by atoms with E-state index in [2.05, 4.69) is 49.0 Å². The summed E-state index contributed by atoms with van der Waals surface area (Å²) < 4.78 is 0. The molecule has 4 saturated carbocycles. The first-order valence-electron chi connectivity index (χ1n) is 17.7. The van der Waals surface area contributed by atoms with Gasteiger partial charge in [0.25, 0.3) is 0 Å². The molecule has 8 nitrogen and oxygen atoms in total. The first kappa shape index (κ1) is 31.3. The molecule has 0 aromatic rings. The molecular formula is C32H55Co2N8-. The first-order valence-corrected chi connectivity index (χ1v) is 17.7. The van der Waals surface area contributed by atoms with Gasteiger partial charge < -0.3 is 6.42 Å². The number of nitrogens with one attached hydrogen (secondary N) is 8. The normalized spacial score (nSPS) is 54.9. The molecule has 16 atom stereocenters. The van der Waals surface area contributed by atoms with Crippen LogP contribution in [0.5, 0.6) is 0 Å². The van der Waals surface area contributed by atoms with Gasteiger partial charge in [0.1, 0.15) is 0 Å². The quantitative estimate of drug-likeness (QED) is 0.187. The van der Waals surface area contributed by atoms with Crippen molar-refractivity contribution in [1.82, 2.24) is 42.5 Å². The van der Waals surface area contributed by atoms with Crippen molar-refractivity contribution in [2.75, 3.05) is 0 Å². The third kappa shape index (κ3) is 5.43. The Balaban J connectivity index is 0.00000144. The van der Waals surface area contributed by atoms with Crippen LogP contribution in [0.2, 0.25) is 0 Å². The summed E-state index contributed by atoms with van der Waals surface area (Å²) >= 11 is 0. The number of fused-ring (bicyclic) bond motifs is 20. The Hall–Kier alpha value is 0.693. The van der Waals surface area contributed by atoms with E-state index in [0.717, 1.165) is 35.5 Å². The molecular weight excluding hydrogens is 614 g/mol. The summed E-state index contributed by atoms with van der Waals surface area (Å²) in [6.07, 6.45) is 26.4. The van der Waals surface area contributed by atoms with Gasteiger partial charge in [0.15, 0.2) is 0 Å². The van der Waals surface area contributed by atoms with Gasteiger partial charge in [-0.15, -0.1) is 5.92 Å². The SMILES string of the molecule is [CH-]1CCCC2C3NC(NC4NC(NC5NC(NC6NC(N3)C3CCCCC63)C3CCCCC53)C3CCCCC43)C12.[Co].[Co]. The van der Waals surface area contributed by atoms with E-state index in [4.69, 9.17) is 0 Å². The molecule has 42 heavy (non-hydrogen) atoms. The summed E-state index contributed by atoms with van der Waals surface area (Å²) in [6, 6.07) is 0. The van der Waals surface area contributed by atoms with Crippen molar-refractivity contribution in [3.05, 3.63) is 6.42 Å². The molecule has 0 amide bonds. The Labute approximate surface area is 274 Å². The number of hydrogen-bond donors (Lipinski definition) is 8. The Morgan fingerprint density at radius 3 is 0.905 bits per heavy atom. The van der Waals surface area contributed by atoms with E-state index in [-0.39, 0.29) is 33.6 Å². The first-order chi connectivity index (χ1) is 19.8. The van der Waals surface area contributed by atoms with Crippen molar-refractivity contribution in [2.24, 2.45) is 47.3 Å². The monoisotopic (exact) mass is 669 g/mol. The van der Waals surface area contributed by atoms with Crippen molar-refractivity contribution in [3.63, 3.8) is 0 Å². The van der Waals surface area contributed by atoms with Crippen molar-refractivity contribution in [3.8, 4) is 0 Å². The van der Waals surface area contributed by atoms with Crippen LogP contribution >= 0.6 is 0 Å². The third-order valence-electron chi connectivity index (χ3n) is 13.6. The molecule has 0 aromatic heterocycles. The second-order valence-corrected chi connectivity index (χ2v) is 15.4. The Bertz CT molecular complexity index is 721. The molecule has 5 heterocycles. The fourth-order valence-electron chi connectivity index (χ4n) is 11.7. The van der Waals surface area contributed by atoms with E-state index in [1.807, 2.05) is 0 Å². The minimum absolute atomic E-state index is 0. The molecule has 9 fully saturated rings. The maximum absolute atomic E-state index is 4.25. The van der Waals surface area contributed by atoms with E-state index in [0.29, 0.717) is 61.2 Å². The fourth-order valence-corrected chi connectivity index (χ4v) is 11.7. The second-order valence-electron chi connectivity index (χ2n) is 15.4. The topological polar surface area (TPSA) is 96.2 Å². The average Bonchev–Trinajstić information content (AvgIpc) is 3.73. The molecule has 8 N–H and O–H groups in total. The number of rotatable bonds is 0. The van der Waals surface area contributed by atoms with Crippen LogP contribution < -0.4 is 42.5 Å².